The van der Waals surface area contributed by atoms with Crippen molar-refractivity contribution < 1.29 is 8.42 Å². The van der Waals surface area contributed by atoms with E-state index in [0.717, 1.165) is 0 Å². The Labute approximate surface area is 117 Å². The van der Waals surface area contributed by atoms with Gasteiger partial charge in [0, 0.05) is 15.5 Å². The van der Waals surface area contributed by atoms with E-state index >= 15 is 0 Å². The standard InChI is InChI=1S/C10H10Br2N2O2S/c1-7(5-13)6-14-17(15,16)10-4-8(11)2-3-9(10)12/h2-4,7,14H,6H2,1H3. The highest BCUT2D eigenvalue weighted by Gasteiger charge is 2.18. The second kappa shape index (κ2) is 5.96. The smallest absolute Gasteiger partial charge is 0.210 e. The van der Waals surface area contributed by atoms with E-state index < -0.39 is 10.0 Å². The summed E-state index contributed by atoms with van der Waals surface area (Å²) in [5.74, 6) is -0.365. The number of hydrogen-bond acceptors (Lipinski definition) is 3. The fourth-order valence-corrected chi connectivity index (χ4v) is 3.67. The zero-order valence-electron chi connectivity index (χ0n) is 8.94. The number of nitrogens with one attached hydrogen (secondary N) is 1. The molecule has 17 heavy (non-hydrogen) atoms. The number of hydrogen-bond donors (Lipinski definition) is 1. The van der Waals surface area contributed by atoms with Crippen LogP contribution >= 0.6 is 31.9 Å². The summed E-state index contributed by atoms with van der Waals surface area (Å²) in [5.41, 5.74) is 0. The van der Waals surface area contributed by atoms with Gasteiger partial charge in [-0.05, 0) is 41.1 Å². The molecule has 0 fully saturated rings. The Kier molecular flexibility index (Phi) is 5.13. The Morgan fingerprint density at radius 2 is 2.12 bits per heavy atom. The van der Waals surface area contributed by atoms with Crippen molar-refractivity contribution in [1.29, 1.82) is 5.26 Å². The third-order valence-electron chi connectivity index (χ3n) is 1.98. The molecule has 1 aromatic carbocycles. The molecule has 0 aliphatic rings. The number of rotatable bonds is 4. The molecule has 1 atom stereocenters. The summed E-state index contributed by atoms with van der Waals surface area (Å²) >= 11 is 6.40. The normalized spacial score (nSPS) is 13.1. The number of sulfonamides is 1. The molecule has 0 saturated carbocycles. The van der Waals surface area contributed by atoms with Gasteiger partial charge in [0.15, 0.2) is 0 Å². The van der Waals surface area contributed by atoms with Crippen LogP contribution in [0.25, 0.3) is 0 Å². The van der Waals surface area contributed by atoms with Crippen molar-refractivity contribution in [2.75, 3.05) is 6.54 Å². The molecule has 0 bridgehead atoms. The SMILES string of the molecule is CC(C#N)CNS(=O)(=O)c1cc(Br)ccc1Br. The molecule has 1 aromatic rings. The van der Waals surface area contributed by atoms with Gasteiger partial charge in [-0.1, -0.05) is 15.9 Å². The van der Waals surface area contributed by atoms with Crippen molar-refractivity contribution in [3.05, 3.63) is 27.1 Å². The molecule has 92 valence electrons. The minimum absolute atomic E-state index is 0.0950. The Morgan fingerprint density at radius 1 is 1.47 bits per heavy atom. The van der Waals surface area contributed by atoms with Gasteiger partial charge in [-0.25, -0.2) is 13.1 Å². The van der Waals surface area contributed by atoms with Gasteiger partial charge in [0.25, 0.3) is 0 Å². The van der Waals surface area contributed by atoms with Gasteiger partial charge in [0.1, 0.15) is 0 Å². The minimum atomic E-state index is -3.60. The van der Waals surface area contributed by atoms with Crippen LogP contribution in [-0.4, -0.2) is 15.0 Å². The topological polar surface area (TPSA) is 70.0 Å². The van der Waals surface area contributed by atoms with Crippen molar-refractivity contribution in [3.63, 3.8) is 0 Å². The molecule has 7 heteroatoms. The first-order chi connectivity index (χ1) is 7.86. The number of nitrogens with zero attached hydrogens (tertiary/aromatic N) is 1. The second-order valence-corrected chi connectivity index (χ2v) is 6.96. The van der Waals surface area contributed by atoms with Gasteiger partial charge < -0.3 is 0 Å². The van der Waals surface area contributed by atoms with Gasteiger partial charge in [-0.15, -0.1) is 0 Å². The molecule has 0 aliphatic heterocycles. The van der Waals surface area contributed by atoms with Crippen molar-refractivity contribution in [2.45, 2.75) is 11.8 Å². The van der Waals surface area contributed by atoms with E-state index in [9.17, 15) is 8.42 Å². The Bertz CT molecular complexity index is 552. The first-order valence-corrected chi connectivity index (χ1v) is 7.78. The van der Waals surface area contributed by atoms with Gasteiger partial charge in [0.05, 0.1) is 16.9 Å². The average Bonchev–Trinajstić information content (AvgIpc) is 2.29. The average molecular weight is 382 g/mol. The highest BCUT2D eigenvalue weighted by molar-refractivity contribution is 9.11. The van der Waals surface area contributed by atoms with Crippen LogP contribution in [0.3, 0.4) is 0 Å². The van der Waals surface area contributed by atoms with Crippen molar-refractivity contribution in [3.8, 4) is 6.07 Å². The maximum atomic E-state index is 12.0. The Balaban J connectivity index is 2.98. The van der Waals surface area contributed by atoms with Crippen LogP contribution in [0.5, 0.6) is 0 Å². The summed E-state index contributed by atoms with van der Waals surface area (Å²) < 4.78 is 27.5. The molecule has 0 amide bonds. The van der Waals surface area contributed by atoms with Crippen molar-refractivity contribution in [1.82, 2.24) is 4.72 Å². The lowest BCUT2D eigenvalue weighted by Crippen LogP contribution is -2.28. The second-order valence-electron chi connectivity index (χ2n) is 3.46. The van der Waals surface area contributed by atoms with Crippen molar-refractivity contribution in [2.24, 2.45) is 5.92 Å². The molecule has 0 saturated heterocycles. The Morgan fingerprint density at radius 3 is 2.71 bits per heavy atom. The first kappa shape index (κ1) is 14.6. The van der Waals surface area contributed by atoms with Crippen LogP contribution in [0.2, 0.25) is 0 Å². The number of nitriles is 1. The monoisotopic (exact) mass is 380 g/mol. The first-order valence-electron chi connectivity index (χ1n) is 4.71. The minimum Gasteiger partial charge on any atom is -0.210 e. The number of halogens is 2. The molecule has 1 N–H and O–H groups in total. The molecule has 0 aromatic heterocycles. The maximum Gasteiger partial charge on any atom is 0.241 e. The maximum absolute atomic E-state index is 12.0. The van der Waals surface area contributed by atoms with Crippen LogP contribution in [0.1, 0.15) is 6.92 Å². The summed E-state index contributed by atoms with van der Waals surface area (Å²) in [5, 5.41) is 8.60. The highest BCUT2D eigenvalue weighted by atomic mass is 79.9. The third-order valence-corrected chi connectivity index (χ3v) is 4.89. The molecule has 1 rings (SSSR count). The van der Waals surface area contributed by atoms with Crippen LogP contribution in [0.15, 0.2) is 32.0 Å². The third kappa shape index (κ3) is 4.07. The number of benzene rings is 1. The fourth-order valence-electron chi connectivity index (χ4n) is 1.04. The van der Waals surface area contributed by atoms with E-state index in [2.05, 4.69) is 36.6 Å². The van der Waals surface area contributed by atoms with Gasteiger partial charge in [0.2, 0.25) is 10.0 Å². The lowest BCUT2D eigenvalue weighted by atomic mass is 10.2. The molecule has 0 radical (unpaired) electrons. The summed E-state index contributed by atoms with van der Waals surface area (Å²) in [7, 11) is -3.60. The zero-order valence-corrected chi connectivity index (χ0v) is 12.9. The van der Waals surface area contributed by atoms with E-state index in [1.807, 2.05) is 6.07 Å². The zero-order chi connectivity index (χ0) is 13.1. The molecular weight excluding hydrogens is 372 g/mol. The van der Waals surface area contributed by atoms with Gasteiger partial charge in [-0.3, -0.25) is 0 Å². The van der Waals surface area contributed by atoms with Crippen LogP contribution in [0.4, 0.5) is 0 Å². The van der Waals surface area contributed by atoms with E-state index in [-0.39, 0.29) is 17.4 Å². The van der Waals surface area contributed by atoms with Gasteiger partial charge in [-0.2, -0.15) is 5.26 Å². The largest absolute Gasteiger partial charge is 0.241 e. The predicted molar refractivity (Wildman–Crippen MR) is 71.8 cm³/mol. The molecule has 4 nitrogen and oxygen atoms in total. The van der Waals surface area contributed by atoms with E-state index in [1.165, 1.54) is 6.07 Å². The van der Waals surface area contributed by atoms with E-state index in [1.54, 1.807) is 19.1 Å². The highest BCUT2D eigenvalue weighted by Crippen LogP contribution is 2.25. The van der Waals surface area contributed by atoms with E-state index in [0.29, 0.717) is 8.95 Å². The van der Waals surface area contributed by atoms with Crippen LogP contribution < -0.4 is 4.72 Å². The quantitative estimate of drug-likeness (QED) is 0.871. The summed E-state index contributed by atoms with van der Waals surface area (Å²) in [4.78, 5) is 0.150. The van der Waals surface area contributed by atoms with Gasteiger partial charge >= 0.3 is 0 Å². The summed E-state index contributed by atoms with van der Waals surface area (Å²) in [6.45, 7) is 1.75. The lowest BCUT2D eigenvalue weighted by Gasteiger charge is -2.09. The summed E-state index contributed by atoms with van der Waals surface area (Å²) in [6.07, 6.45) is 0. The molecule has 0 aliphatic carbocycles. The van der Waals surface area contributed by atoms with Crippen molar-refractivity contribution >= 4 is 41.9 Å². The fraction of sp³-hybridized carbons (Fsp3) is 0.300. The molecular formula is C10H10Br2N2O2S. The molecule has 0 spiro atoms. The summed E-state index contributed by atoms with van der Waals surface area (Å²) in [6, 6.07) is 6.85. The Hall–Kier alpha value is -0.420. The lowest BCUT2D eigenvalue weighted by molar-refractivity contribution is 0.572. The van der Waals surface area contributed by atoms with Crippen LogP contribution in [0, 0.1) is 17.2 Å². The molecule has 1 unspecified atom stereocenters. The van der Waals surface area contributed by atoms with E-state index in [4.69, 9.17) is 5.26 Å². The van der Waals surface area contributed by atoms with Crippen LogP contribution in [-0.2, 0) is 10.0 Å². The predicted octanol–water partition coefficient (Wildman–Crippen LogP) is 2.65. The molecule has 0 heterocycles.